The Morgan fingerprint density at radius 2 is 1.90 bits per heavy atom. The number of amides is 1. The maximum absolute atomic E-state index is 12.9. The Balaban J connectivity index is 1.52. The Morgan fingerprint density at radius 1 is 1.27 bits per heavy atom. The maximum atomic E-state index is 12.9. The van der Waals surface area contributed by atoms with Gasteiger partial charge in [-0.3, -0.25) is 14.9 Å². The van der Waals surface area contributed by atoms with Crippen LogP contribution in [-0.4, -0.2) is 49.5 Å². The molecule has 0 unspecified atom stereocenters. The number of carbonyl (C=O) groups excluding carboxylic acids is 2. The zero-order chi connectivity index (χ0) is 21.9. The van der Waals surface area contributed by atoms with Crippen LogP contribution < -0.4 is 5.32 Å². The van der Waals surface area contributed by atoms with Crippen molar-refractivity contribution >= 4 is 51.0 Å². The molecule has 1 fully saturated rings. The molecule has 0 atom stereocenters. The minimum Gasteiger partial charge on any atom is -0.455 e. The van der Waals surface area contributed by atoms with Crippen molar-refractivity contribution in [2.24, 2.45) is 5.92 Å². The zero-order valence-corrected chi connectivity index (χ0v) is 18.3. The number of rotatable bonds is 6. The van der Waals surface area contributed by atoms with Gasteiger partial charge in [0, 0.05) is 19.2 Å². The molecule has 3 rings (SSSR count). The summed E-state index contributed by atoms with van der Waals surface area (Å²) < 4.78 is 36.9. The average Bonchev–Trinajstić information content (AvgIpc) is 3.10. The number of ether oxygens (including phenoxy) is 1. The first-order chi connectivity index (χ1) is 14.2. The molecule has 1 saturated heterocycles. The summed E-state index contributed by atoms with van der Waals surface area (Å²) in [4.78, 5) is 23.9. The van der Waals surface area contributed by atoms with Gasteiger partial charge in [0.1, 0.15) is 4.90 Å². The van der Waals surface area contributed by atoms with Gasteiger partial charge in [-0.25, -0.2) is 8.42 Å². The van der Waals surface area contributed by atoms with E-state index in [1.165, 1.54) is 22.5 Å². The molecule has 1 aromatic heterocycles. The fourth-order valence-corrected chi connectivity index (χ4v) is 5.60. The number of benzene rings is 1. The largest absolute Gasteiger partial charge is 0.455 e. The molecule has 0 spiro atoms. The molecular weight excluding hydrogens is 457 g/mol. The van der Waals surface area contributed by atoms with Crippen LogP contribution in [0.2, 0.25) is 10.0 Å². The van der Waals surface area contributed by atoms with Crippen LogP contribution in [0.15, 0.2) is 33.7 Å². The Kier molecular flexibility index (Phi) is 7.02. The molecule has 0 radical (unpaired) electrons. The van der Waals surface area contributed by atoms with Crippen molar-refractivity contribution in [2.75, 3.05) is 25.0 Å². The zero-order valence-electron chi connectivity index (χ0n) is 15.9. The van der Waals surface area contributed by atoms with Crippen LogP contribution in [0.5, 0.6) is 0 Å². The summed E-state index contributed by atoms with van der Waals surface area (Å²) in [5, 5.41) is 6.13. The van der Waals surface area contributed by atoms with Crippen molar-refractivity contribution in [2.45, 2.75) is 24.7 Å². The summed E-state index contributed by atoms with van der Waals surface area (Å²) in [6.07, 6.45) is 0.506. The first-order valence-electron chi connectivity index (χ1n) is 9.02. The Labute approximate surface area is 183 Å². The fourth-order valence-electron chi connectivity index (χ4n) is 3.04. The second-order valence-electron chi connectivity index (χ2n) is 6.72. The van der Waals surface area contributed by atoms with Crippen LogP contribution in [0, 0.1) is 12.8 Å². The lowest BCUT2D eigenvalue weighted by molar-refractivity contribution is -0.152. The standard InChI is InChI=1S/C18H19Cl2N3O6S/c1-11-9-16(29-22-11)21-15(24)10-28-18(25)12-5-7-23(8-6-12)30(26,27)17-13(19)3-2-4-14(17)20/h2-4,9,12H,5-8,10H2,1H3,(H,21,24). The third-order valence-corrected chi connectivity index (χ3v) is 7.39. The smallest absolute Gasteiger partial charge is 0.309 e. The molecule has 9 nitrogen and oxygen atoms in total. The van der Waals surface area contributed by atoms with Crippen LogP contribution in [0.3, 0.4) is 0 Å². The molecule has 30 heavy (non-hydrogen) atoms. The van der Waals surface area contributed by atoms with Crippen LogP contribution in [0.4, 0.5) is 5.88 Å². The Morgan fingerprint density at radius 3 is 2.47 bits per heavy atom. The second kappa shape index (κ2) is 9.34. The Bertz CT molecular complexity index is 1030. The molecule has 2 heterocycles. The number of halogens is 2. The molecule has 0 bridgehead atoms. The SMILES string of the molecule is Cc1cc(NC(=O)COC(=O)C2CCN(S(=O)(=O)c3c(Cl)cccc3Cl)CC2)on1. The van der Waals surface area contributed by atoms with E-state index in [1.54, 1.807) is 13.0 Å². The number of esters is 1. The number of hydrogen-bond acceptors (Lipinski definition) is 7. The van der Waals surface area contributed by atoms with Crippen LogP contribution in [0.25, 0.3) is 0 Å². The normalized spacial score (nSPS) is 15.7. The van der Waals surface area contributed by atoms with Crippen molar-refractivity contribution in [3.63, 3.8) is 0 Å². The molecule has 1 aromatic carbocycles. The average molecular weight is 476 g/mol. The summed E-state index contributed by atoms with van der Waals surface area (Å²) in [7, 11) is -3.89. The van der Waals surface area contributed by atoms with E-state index in [0.29, 0.717) is 5.69 Å². The van der Waals surface area contributed by atoms with Crippen molar-refractivity contribution in [3.8, 4) is 0 Å². The maximum Gasteiger partial charge on any atom is 0.309 e. The van der Waals surface area contributed by atoms with E-state index in [1.807, 2.05) is 0 Å². The number of hydrogen-bond donors (Lipinski definition) is 1. The van der Waals surface area contributed by atoms with Gasteiger partial charge in [0.25, 0.3) is 5.91 Å². The topological polar surface area (TPSA) is 119 Å². The van der Waals surface area contributed by atoms with E-state index in [2.05, 4.69) is 10.5 Å². The van der Waals surface area contributed by atoms with Crippen molar-refractivity contribution in [3.05, 3.63) is 40.0 Å². The summed E-state index contributed by atoms with van der Waals surface area (Å²) in [5.41, 5.74) is 0.599. The molecule has 2 aromatic rings. The minimum absolute atomic E-state index is 0.0389. The highest BCUT2D eigenvalue weighted by molar-refractivity contribution is 7.89. The molecule has 0 saturated carbocycles. The van der Waals surface area contributed by atoms with Gasteiger partial charge in [-0.1, -0.05) is 34.4 Å². The lowest BCUT2D eigenvalue weighted by atomic mass is 9.98. The van der Waals surface area contributed by atoms with E-state index in [0.717, 1.165) is 0 Å². The van der Waals surface area contributed by atoms with Crippen molar-refractivity contribution in [1.29, 1.82) is 0 Å². The first kappa shape index (κ1) is 22.5. The van der Waals surface area contributed by atoms with Gasteiger partial charge in [0.05, 0.1) is 21.7 Å². The Hall–Kier alpha value is -2.14. The van der Waals surface area contributed by atoms with E-state index in [-0.39, 0.29) is 46.8 Å². The van der Waals surface area contributed by atoms with E-state index < -0.39 is 34.4 Å². The molecule has 1 aliphatic rings. The second-order valence-corrected chi connectivity index (χ2v) is 9.41. The fraction of sp³-hybridized carbons (Fsp3) is 0.389. The number of aromatic nitrogens is 1. The quantitative estimate of drug-likeness (QED) is 0.637. The predicted octanol–water partition coefficient (Wildman–Crippen LogP) is 2.87. The van der Waals surface area contributed by atoms with Crippen molar-refractivity contribution < 1.29 is 27.3 Å². The molecule has 1 N–H and O–H groups in total. The third kappa shape index (κ3) is 5.12. The summed E-state index contributed by atoms with van der Waals surface area (Å²) in [5.74, 6) is -1.48. The van der Waals surface area contributed by atoms with Gasteiger partial charge in [0.2, 0.25) is 15.9 Å². The van der Waals surface area contributed by atoms with E-state index in [9.17, 15) is 18.0 Å². The summed E-state index contributed by atoms with van der Waals surface area (Å²) >= 11 is 12.1. The van der Waals surface area contributed by atoms with E-state index >= 15 is 0 Å². The lowest BCUT2D eigenvalue weighted by Crippen LogP contribution is -2.41. The highest BCUT2D eigenvalue weighted by atomic mass is 35.5. The highest BCUT2D eigenvalue weighted by Gasteiger charge is 2.35. The highest BCUT2D eigenvalue weighted by Crippen LogP contribution is 2.33. The number of nitrogens with zero attached hydrogens (tertiary/aromatic N) is 2. The monoisotopic (exact) mass is 475 g/mol. The van der Waals surface area contributed by atoms with E-state index in [4.69, 9.17) is 32.5 Å². The molecule has 1 amide bonds. The summed E-state index contributed by atoms with van der Waals surface area (Å²) in [6.45, 7) is 1.43. The number of anilines is 1. The van der Waals surface area contributed by atoms with Gasteiger partial charge >= 0.3 is 5.97 Å². The third-order valence-electron chi connectivity index (χ3n) is 4.54. The molecule has 1 aliphatic heterocycles. The van der Waals surface area contributed by atoms with Gasteiger partial charge in [0.15, 0.2) is 6.61 Å². The number of carbonyl (C=O) groups is 2. The van der Waals surface area contributed by atoms with Gasteiger partial charge in [-0.05, 0) is 31.9 Å². The lowest BCUT2D eigenvalue weighted by Gasteiger charge is -2.30. The van der Waals surface area contributed by atoms with Crippen LogP contribution in [-0.2, 0) is 24.3 Å². The molecule has 162 valence electrons. The predicted molar refractivity (Wildman–Crippen MR) is 109 cm³/mol. The number of aryl methyl sites for hydroxylation is 1. The van der Waals surface area contributed by atoms with Gasteiger partial charge < -0.3 is 9.26 Å². The van der Waals surface area contributed by atoms with Crippen molar-refractivity contribution in [1.82, 2.24) is 9.46 Å². The molecule has 12 heteroatoms. The number of nitrogens with one attached hydrogen (secondary N) is 1. The number of piperidine rings is 1. The molecular formula is C18H19Cl2N3O6S. The van der Waals surface area contributed by atoms with Gasteiger partial charge in [-0.2, -0.15) is 4.31 Å². The van der Waals surface area contributed by atoms with Gasteiger partial charge in [-0.15, -0.1) is 0 Å². The van der Waals surface area contributed by atoms with Crippen LogP contribution >= 0.6 is 23.2 Å². The van der Waals surface area contributed by atoms with Crippen LogP contribution in [0.1, 0.15) is 18.5 Å². The summed E-state index contributed by atoms with van der Waals surface area (Å²) in [6, 6.07) is 6.00. The number of sulfonamides is 1. The molecule has 0 aliphatic carbocycles. The minimum atomic E-state index is -3.89. The first-order valence-corrected chi connectivity index (χ1v) is 11.2.